The van der Waals surface area contributed by atoms with Gasteiger partial charge >= 0.3 is 12.3 Å². The Kier molecular flexibility index (Phi) is 6.61. The van der Waals surface area contributed by atoms with Crippen LogP contribution in [0, 0.1) is 0 Å². The molecule has 3 rings (SSSR count). The van der Waals surface area contributed by atoms with Crippen molar-refractivity contribution in [3.05, 3.63) is 59.3 Å². The summed E-state index contributed by atoms with van der Waals surface area (Å²) in [4.78, 5) is 11.9. The first kappa shape index (κ1) is 23.4. The molecule has 0 saturated heterocycles. The number of aromatic nitrogens is 3. The van der Waals surface area contributed by atoms with E-state index in [1.165, 1.54) is 12.1 Å². The number of hydrogen-bond donors (Lipinski definition) is 1. The Bertz CT molecular complexity index is 1050. The van der Waals surface area contributed by atoms with Crippen LogP contribution in [0.1, 0.15) is 50.8 Å². The van der Waals surface area contributed by atoms with Gasteiger partial charge in [-0.1, -0.05) is 12.1 Å². The van der Waals surface area contributed by atoms with Crippen molar-refractivity contribution >= 4 is 11.7 Å². The normalized spacial score (nSPS) is 14.5. The van der Waals surface area contributed by atoms with Crippen LogP contribution >= 0.6 is 0 Å². The third-order valence-electron chi connectivity index (χ3n) is 4.59. The first-order valence-corrected chi connectivity index (χ1v) is 10.0. The zero-order valence-electron chi connectivity index (χ0n) is 18.3. The molecule has 0 unspecified atom stereocenters. The number of alkyl halides is 3. The van der Waals surface area contributed by atoms with Gasteiger partial charge in [0.25, 0.3) is 0 Å². The molecule has 32 heavy (non-hydrogen) atoms. The number of rotatable bonds is 5. The highest BCUT2D eigenvalue weighted by Crippen LogP contribution is 2.31. The van der Waals surface area contributed by atoms with E-state index in [0.29, 0.717) is 24.5 Å². The smallest absolute Gasteiger partial charge is 0.416 e. The van der Waals surface area contributed by atoms with Crippen molar-refractivity contribution in [1.82, 2.24) is 20.1 Å². The maximum Gasteiger partial charge on any atom is 0.416 e. The van der Waals surface area contributed by atoms with Gasteiger partial charge in [-0.15, -0.1) is 10.2 Å². The molecule has 1 aliphatic rings. The van der Waals surface area contributed by atoms with E-state index in [4.69, 9.17) is 9.47 Å². The Balaban J connectivity index is 1.64. The molecular formula is C22H25F3N4O3. The van der Waals surface area contributed by atoms with Gasteiger partial charge in [0, 0.05) is 12.7 Å². The van der Waals surface area contributed by atoms with Crippen molar-refractivity contribution < 1.29 is 27.4 Å². The molecule has 0 aliphatic heterocycles. The largest absolute Gasteiger partial charge is 0.486 e. The number of ether oxygens (including phenoxy) is 2. The van der Waals surface area contributed by atoms with Crippen LogP contribution in [0.25, 0.3) is 5.57 Å². The Hall–Kier alpha value is -3.30. The number of nitrogens with one attached hydrogen (secondary N) is 1. The Labute approximate surface area is 183 Å². The molecule has 0 bridgehead atoms. The molecule has 0 atom stereocenters. The first-order valence-electron chi connectivity index (χ1n) is 10.0. The quantitative estimate of drug-likeness (QED) is 0.694. The van der Waals surface area contributed by atoms with E-state index in [2.05, 4.69) is 15.5 Å². The van der Waals surface area contributed by atoms with Crippen molar-refractivity contribution in [2.75, 3.05) is 0 Å². The predicted molar refractivity (Wildman–Crippen MR) is 111 cm³/mol. The molecule has 1 amide bonds. The summed E-state index contributed by atoms with van der Waals surface area (Å²) in [6.45, 7) is 5.35. The van der Waals surface area contributed by atoms with Crippen LogP contribution in [0.2, 0.25) is 0 Å². The lowest BCUT2D eigenvalue weighted by atomic mass is 10.0. The van der Waals surface area contributed by atoms with Crippen LogP contribution in [0.3, 0.4) is 0 Å². The second-order valence-electron chi connectivity index (χ2n) is 8.32. The fraction of sp³-hybridized carbons (Fsp3) is 0.409. The molecule has 0 radical (unpaired) electrons. The van der Waals surface area contributed by atoms with E-state index >= 15 is 0 Å². The molecule has 7 nitrogen and oxygen atoms in total. The predicted octanol–water partition coefficient (Wildman–Crippen LogP) is 5.00. The molecule has 1 heterocycles. The lowest BCUT2D eigenvalue weighted by molar-refractivity contribution is -0.137. The van der Waals surface area contributed by atoms with Crippen molar-refractivity contribution in [3.63, 3.8) is 0 Å². The summed E-state index contributed by atoms with van der Waals surface area (Å²) < 4.78 is 51.0. The first-order chi connectivity index (χ1) is 14.9. The zero-order chi connectivity index (χ0) is 23.5. The van der Waals surface area contributed by atoms with E-state index < -0.39 is 23.4 Å². The lowest BCUT2D eigenvalue weighted by Gasteiger charge is -2.21. The highest BCUT2D eigenvalue weighted by Gasteiger charge is 2.30. The van der Waals surface area contributed by atoms with Crippen LogP contribution in [0.5, 0.6) is 5.75 Å². The van der Waals surface area contributed by atoms with Gasteiger partial charge in [-0.25, -0.2) is 4.79 Å². The lowest BCUT2D eigenvalue weighted by Crippen LogP contribution is -2.32. The van der Waals surface area contributed by atoms with Gasteiger partial charge in [0.2, 0.25) is 0 Å². The number of halogens is 3. The summed E-state index contributed by atoms with van der Waals surface area (Å²) >= 11 is 0. The molecule has 0 fully saturated rings. The molecule has 10 heteroatoms. The summed E-state index contributed by atoms with van der Waals surface area (Å²) in [6.07, 6.45) is -0.0901. The second kappa shape index (κ2) is 9.05. The van der Waals surface area contributed by atoms with E-state index in [1.807, 2.05) is 6.08 Å². The number of carbonyl (C=O) groups excluding carboxylic acids is 1. The molecule has 1 aliphatic carbocycles. The summed E-state index contributed by atoms with van der Waals surface area (Å²) in [5.74, 6) is 1.20. The number of benzene rings is 1. The number of allylic oxidation sites excluding steroid dienone is 4. The Morgan fingerprint density at radius 1 is 1.16 bits per heavy atom. The van der Waals surface area contributed by atoms with E-state index in [9.17, 15) is 18.0 Å². The minimum Gasteiger partial charge on any atom is -0.486 e. The fourth-order valence-electron chi connectivity index (χ4n) is 3.04. The standard InChI is InChI=1S/C22H25F3N4O3/c1-21(2,3)32-20(30)26-16-10-8-14(9-11-16)19-28-27-18(29(19)4)13-31-17-7-5-6-15(12-17)22(23,24)25/h5-8,10,12H,9,11,13H2,1-4H3,(H,26,30). The molecule has 1 aromatic heterocycles. The van der Waals surface area contributed by atoms with Gasteiger partial charge in [-0.05, 0) is 63.5 Å². The van der Waals surface area contributed by atoms with Gasteiger partial charge in [-0.2, -0.15) is 13.2 Å². The summed E-state index contributed by atoms with van der Waals surface area (Å²) in [6, 6.07) is 4.69. The average molecular weight is 450 g/mol. The monoisotopic (exact) mass is 450 g/mol. The molecule has 2 aromatic rings. The number of alkyl carbamates (subject to hydrolysis) is 1. The van der Waals surface area contributed by atoms with Crippen molar-refractivity contribution in [2.45, 2.75) is 52.0 Å². The van der Waals surface area contributed by atoms with Crippen LogP contribution in [0.15, 0.2) is 42.1 Å². The molecule has 0 spiro atoms. The number of hydrogen-bond acceptors (Lipinski definition) is 5. The van der Waals surface area contributed by atoms with Gasteiger partial charge in [0.1, 0.15) is 18.0 Å². The second-order valence-corrected chi connectivity index (χ2v) is 8.32. The topological polar surface area (TPSA) is 78.3 Å². The SMILES string of the molecule is Cn1c(COc2cccc(C(F)(F)F)c2)nnc1C1=CC=C(NC(=O)OC(C)(C)C)CC1. The maximum atomic E-state index is 12.9. The van der Waals surface area contributed by atoms with E-state index in [0.717, 1.165) is 23.4 Å². The van der Waals surface area contributed by atoms with Gasteiger partial charge in [0.15, 0.2) is 11.6 Å². The minimum atomic E-state index is -4.44. The molecule has 172 valence electrons. The van der Waals surface area contributed by atoms with Crippen molar-refractivity contribution in [1.29, 1.82) is 0 Å². The Morgan fingerprint density at radius 3 is 2.53 bits per heavy atom. The van der Waals surface area contributed by atoms with Crippen molar-refractivity contribution in [3.8, 4) is 5.75 Å². The van der Waals surface area contributed by atoms with Gasteiger partial charge < -0.3 is 14.0 Å². The third kappa shape index (κ3) is 6.12. The van der Waals surface area contributed by atoms with Gasteiger partial charge in [0.05, 0.1) is 5.56 Å². The van der Waals surface area contributed by atoms with Crippen LogP contribution in [-0.4, -0.2) is 26.5 Å². The van der Waals surface area contributed by atoms with E-state index in [-0.39, 0.29) is 12.4 Å². The number of carbonyl (C=O) groups is 1. The highest BCUT2D eigenvalue weighted by molar-refractivity contribution is 5.71. The summed E-state index contributed by atoms with van der Waals surface area (Å²) in [5.41, 5.74) is 0.299. The molecule has 1 aromatic carbocycles. The zero-order valence-corrected chi connectivity index (χ0v) is 18.3. The highest BCUT2D eigenvalue weighted by atomic mass is 19.4. The molecule has 0 saturated carbocycles. The number of nitrogens with zero attached hydrogens (tertiary/aromatic N) is 3. The maximum absolute atomic E-state index is 12.9. The molecule has 1 N–H and O–H groups in total. The van der Waals surface area contributed by atoms with Crippen LogP contribution in [-0.2, 0) is 24.6 Å². The molecular weight excluding hydrogens is 425 g/mol. The average Bonchev–Trinajstić information content (AvgIpc) is 3.05. The van der Waals surface area contributed by atoms with Crippen LogP contribution < -0.4 is 10.1 Å². The van der Waals surface area contributed by atoms with Crippen molar-refractivity contribution in [2.24, 2.45) is 7.05 Å². The number of amides is 1. The minimum absolute atomic E-state index is 0.0284. The Morgan fingerprint density at radius 2 is 1.91 bits per heavy atom. The van der Waals surface area contributed by atoms with E-state index in [1.54, 1.807) is 38.5 Å². The van der Waals surface area contributed by atoms with Crippen LogP contribution in [0.4, 0.5) is 18.0 Å². The summed E-state index contributed by atoms with van der Waals surface area (Å²) in [7, 11) is 1.76. The fourth-order valence-corrected chi connectivity index (χ4v) is 3.04. The van der Waals surface area contributed by atoms with Gasteiger partial charge in [-0.3, -0.25) is 5.32 Å². The summed E-state index contributed by atoms with van der Waals surface area (Å²) in [5, 5.41) is 11.0. The third-order valence-corrected chi connectivity index (χ3v) is 4.59.